The van der Waals surface area contributed by atoms with Crippen LogP contribution < -0.4 is 14.8 Å². The van der Waals surface area contributed by atoms with Gasteiger partial charge in [-0.3, -0.25) is 5.41 Å². The molecule has 1 rings (SSSR count). The molecule has 0 spiro atoms. The monoisotopic (exact) mass is 244 g/mol. The van der Waals surface area contributed by atoms with Crippen LogP contribution in [0.3, 0.4) is 0 Å². The number of amidine groups is 1. The third-order valence-electron chi connectivity index (χ3n) is 1.88. The van der Waals surface area contributed by atoms with Crippen molar-refractivity contribution in [3.63, 3.8) is 0 Å². The first-order chi connectivity index (χ1) is 7.81. The molecule has 0 aromatic heterocycles. The maximum absolute atomic E-state index is 12.7. The topological polar surface area (TPSA) is 54.3 Å². The lowest BCUT2D eigenvalue weighted by Gasteiger charge is -2.15. The van der Waals surface area contributed by atoms with Gasteiger partial charge < -0.3 is 14.8 Å². The van der Waals surface area contributed by atoms with E-state index in [1.54, 1.807) is 14.0 Å². The number of rotatable bonds is 3. The minimum atomic E-state index is -3.22. The van der Waals surface area contributed by atoms with Gasteiger partial charge in [0.25, 0.3) is 6.02 Å². The fraction of sp³-hybridized carbons (Fsp3) is 0.364. The first-order valence-corrected chi connectivity index (χ1v) is 4.93. The van der Waals surface area contributed by atoms with Crippen molar-refractivity contribution in [2.45, 2.75) is 20.0 Å². The molecule has 0 atom stereocenters. The van der Waals surface area contributed by atoms with Gasteiger partial charge >= 0.3 is 6.11 Å². The SMILES string of the molecule is CNC(=N)Oc1ccc(OC(C)(F)F)c(C)c1. The number of halogens is 2. The molecule has 0 aliphatic carbocycles. The zero-order valence-electron chi connectivity index (χ0n) is 9.80. The van der Waals surface area contributed by atoms with Gasteiger partial charge in [0.2, 0.25) is 0 Å². The average molecular weight is 244 g/mol. The van der Waals surface area contributed by atoms with Crippen LogP contribution in [-0.4, -0.2) is 19.2 Å². The molecule has 0 heterocycles. The molecule has 6 heteroatoms. The van der Waals surface area contributed by atoms with Gasteiger partial charge in [-0.15, -0.1) is 0 Å². The van der Waals surface area contributed by atoms with Crippen molar-refractivity contribution >= 4 is 6.02 Å². The maximum atomic E-state index is 12.7. The molecule has 94 valence electrons. The van der Waals surface area contributed by atoms with Gasteiger partial charge in [-0.2, -0.15) is 8.78 Å². The Morgan fingerprint density at radius 1 is 1.41 bits per heavy atom. The van der Waals surface area contributed by atoms with E-state index in [1.165, 1.54) is 18.2 Å². The van der Waals surface area contributed by atoms with Crippen molar-refractivity contribution in [2.24, 2.45) is 0 Å². The van der Waals surface area contributed by atoms with E-state index >= 15 is 0 Å². The van der Waals surface area contributed by atoms with Crippen LogP contribution in [0.4, 0.5) is 8.78 Å². The second-order valence-electron chi connectivity index (χ2n) is 3.52. The van der Waals surface area contributed by atoms with Crippen LogP contribution in [0.5, 0.6) is 11.5 Å². The van der Waals surface area contributed by atoms with Crippen LogP contribution >= 0.6 is 0 Å². The average Bonchev–Trinajstić information content (AvgIpc) is 2.20. The van der Waals surface area contributed by atoms with Crippen LogP contribution in [0.2, 0.25) is 0 Å². The summed E-state index contributed by atoms with van der Waals surface area (Å²) in [4.78, 5) is 0. The van der Waals surface area contributed by atoms with Crippen molar-refractivity contribution < 1.29 is 18.3 Å². The number of alkyl halides is 2. The minimum Gasteiger partial charge on any atom is -0.433 e. The number of benzene rings is 1. The Labute approximate surface area is 98.0 Å². The van der Waals surface area contributed by atoms with Crippen molar-refractivity contribution in [2.75, 3.05) is 7.05 Å². The van der Waals surface area contributed by atoms with E-state index in [0.717, 1.165) is 0 Å². The lowest BCUT2D eigenvalue weighted by Crippen LogP contribution is -2.23. The first kappa shape index (κ1) is 13.2. The third-order valence-corrected chi connectivity index (χ3v) is 1.88. The molecule has 0 radical (unpaired) electrons. The Bertz CT molecular complexity index is 416. The number of hydrogen-bond acceptors (Lipinski definition) is 3. The summed E-state index contributed by atoms with van der Waals surface area (Å²) in [7, 11) is 1.55. The quantitative estimate of drug-likeness (QED) is 0.634. The molecule has 17 heavy (non-hydrogen) atoms. The zero-order valence-corrected chi connectivity index (χ0v) is 9.80. The maximum Gasteiger partial charge on any atom is 0.394 e. The zero-order chi connectivity index (χ0) is 13.1. The van der Waals surface area contributed by atoms with Gasteiger partial charge in [0.05, 0.1) is 0 Å². The van der Waals surface area contributed by atoms with Gasteiger partial charge in [0.15, 0.2) is 0 Å². The van der Waals surface area contributed by atoms with Gasteiger partial charge in [-0.05, 0) is 30.7 Å². The van der Waals surface area contributed by atoms with Gasteiger partial charge in [0, 0.05) is 14.0 Å². The van der Waals surface area contributed by atoms with Gasteiger partial charge in [0.1, 0.15) is 11.5 Å². The molecule has 0 fully saturated rings. The van der Waals surface area contributed by atoms with Crippen LogP contribution in [0.15, 0.2) is 18.2 Å². The molecule has 0 aliphatic heterocycles. The summed E-state index contributed by atoms with van der Waals surface area (Å²) in [5.74, 6) is 0.467. The van der Waals surface area contributed by atoms with Crippen LogP contribution in [0.25, 0.3) is 0 Å². The largest absolute Gasteiger partial charge is 0.433 e. The molecular weight excluding hydrogens is 230 g/mol. The summed E-state index contributed by atoms with van der Waals surface area (Å²) in [5, 5.41) is 9.75. The summed E-state index contributed by atoms with van der Waals surface area (Å²) < 4.78 is 34.8. The highest BCUT2D eigenvalue weighted by Crippen LogP contribution is 2.27. The molecule has 1 aromatic rings. The fourth-order valence-electron chi connectivity index (χ4n) is 1.16. The predicted molar refractivity (Wildman–Crippen MR) is 59.8 cm³/mol. The highest BCUT2D eigenvalue weighted by atomic mass is 19.3. The summed E-state index contributed by atoms with van der Waals surface area (Å²) in [6.45, 7) is 2.30. The minimum absolute atomic E-state index is 0.0841. The van der Waals surface area contributed by atoms with Crippen LogP contribution in [0.1, 0.15) is 12.5 Å². The Balaban J connectivity index is 2.83. The molecule has 4 nitrogen and oxygen atoms in total. The Hall–Kier alpha value is -1.85. The summed E-state index contributed by atoms with van der Waals surface area (Å²) in [6.07, 6.45) is -3.22. The molecule has 0 aliphatic rings. The van der Waals surface area contributed by atoms with E-state index in [-0.39, 0.29) is 11.8 Å². The molecule has 0 saturated heterocycles. The van der Waals surface area contributed by atoms with E-state index < -0.39 is 6.11 Å². The van der Waals surface area contributed by atoms with E-state index in [2.05, 4.69) is 10.1 Å². The normalized spacial score (nSPS) is 10.9. The van der Waals surface area contributed by atoms with Gasteiger partial charge in [-0.1, -0.05) is 0 Å². The Kier molecular flexibility index (Phi) is 3.88. The van der Waals surface area contributed by atoms with Crippen molar-refractivity contribution in [3.8, 4) is 11.5 Å². The molecule has 0 bridgehead atoms. The Morgan fingerprint density at radius 3 is 2.53 bits per heavy atom. The number of ether oxygens (including phenoxy) is 2. The molecule has 2 N–H and O–H groups in total. The van der Waals surface area contributed by atoms with Crippen LogP contribution in [0, 0.1) is 12.3 Å². The summed E-state index contributed by atoms with van der Waals surface area (Å²) in [6, 6.07) is 4.23. The molecule has 0 saturated carbocycles. The second-order valence-corrected chi connectivity index (χ2v) is 3.52. The molecule has 1 aromatic carbocycles. The van der Waals surface area contributed by atoms with E-state index in [1.807, 2.05) is 0 Å². The second kappa shape index (κ2) is 4.99. The molecule has 0 amide bonds. The third kappa shape index (κ3) is 4.26. The Morgan fingerprint density at radius 2 is 2.06 bits per heavy atom. The highest BCUT2D eigenvalue weighted by molar-refractivity contribution is 5.72. The highest BCUT2D eigenvalue weighted by Gasteiger charge is 2.24. The molecule has 0 unspecified atom stereocenters. The lowest BCUT2D eigenvalue weighted by molar-refractivity contribution is -0.159. The standard InChI is InChI=1S/C11H14F2N2O2/c1-7-6-8(16-10(14)15-3)4-5-9(7)17-11(2,12)13/h4-6H,1-3H3,(H2,14,15). The lowest BCUT2D eigenvalue weighted by atomic mass is 10.2. The van der Waals surface area contributed by atoms with E-state index in [0.29, 0.717) is 18.2 Å². The van der Waals surface area contributed by atoms with E-state index in [4.69, 9.17) is 10.1 Å². The van der Waals surface area contributed by atoms with Crippen molar-refractivity contribution in [1.82, 2.24) is 5.32 Å². The first-order valence-electron chi connectivity index (χ1n) is 4.93. The van der Waals surface area contributed by atoms with E-state index in [9.17, 15) is 8.78 Å². The number of hydrogen-bond donors (Lipinski definition) is 2. The molecular formula is C11H14F2N2O2. The van der Waals surface area contributed by atoms with Gasteiger partial charge in [-0.25, -0.2) is 0 Å². The predicted octanol–water partition coefficient (Wildman–Crippen LogP) is 2.52. The summed E-state index contributed by atoms with van der Waals surface area (Å²) in [5.41, 5.74) is 0.507. The summed E-state index contributed by atoms with van der Waals surface area (Å²) >= 11 is 0. The number of aryl methyl sites for hydroxylation is 1. The smallest absolute Gasteiger partial charge is 0.394 e. The van der Waals surface area contributed by atoms with Crippen molar-refractivity contribution in [3.05, 3.63) is 23.8 Å². The number of nitrogens with one attached hydrogen (secondary N) is 2. The van der Waals surface area contributed by atoms with Crippen LogP contribution in [-0.2, 0) is 0 Å². The van der Waals surface area contributed by atoms with Crippen molar-refractivity contribution in [1.29, 1.82) is 5.41 Å². The fourth-order valence-corrected chi connectivity index (χ4v) is 1.16.